The lowest BCUT2D eigenvalue weighted by Crippen LogP contribution is -1.85. The summed E-state index contributed by atoms with van der Waals surface area (Å²) in [6, 6.07) is 14.7. The first kappa shape index (κ1) is 9.46. The van der Waals surface area contributed by atoms with Crippen molar-refractivity contribution < 1.29 is 4.42 Å². The minimum absolute atomic E-state index is 0.554. The molecule has 3 aromatic rings. The Morgan fingerprint density at radius 1 is 0.875 bits per heavy atom. The van der Waals surface area contributed by atoms with Gasteiger partial charge in [-0.3, -0.25) is 0 Å². The van der Waals surface area contributed by atoms with E-state index in [1.165, 1.54) is 16.3 Å². The van der Waals surface area contributed by atoms with Gasteiger partial charge in [0.2, 0.25) is 0 Å². The highest BCUT2D eigenvalue weighted by atomic mass is 16.3. The van der Waals surface area contributed by atoms with Gasteiger partial charge in [-0.05, 0) is 29.7 Å². The second-order valence-electron chi connectivity index (χ2n) is 4.51. The zero-order chi connectivity index (χ0) is 11.1. The first-order valence-corrected chi connectivity index (χ1v) is 5.67. The molecule has 80 valence electrons. The van der Waals surface area contributed by atoms with Crippen LogP contribution in [-0.4, -0.2) is 0 Å². The lowest BCUT2D eigenvalue weighted by Gasteiger charge is -2.03. The molecule has 0 atom stereocenters. The van der Waals surface area contributed by atoms with E-state index in [0.29, 0.717) is 5.92 Å². The Bertz CT molecular complexity index is 647. The fourth-order valence-electron chi connectivity index (χ4n) is 2.10. The number of benzene rings is 2. The van der Waals surface area contributed by atoms with Crippen molar-refractivity contribution in [3.63, 3.8) is 0 Å². The van der Waals surface area contributed by atoms with Crippen molar-refractivity contribution >= 4 is 21.9 Å². The first-order valence-electron chi connectivity index (χ1n) is 5.67. The highest BCUT2D eigenvalue weighted by molar-refractivity contribution is 6.04. The molecule has 0 N–H and O–H groups in total. The monoisotopic (exact) mass is 210 g/mol. The molecule has 0 unspecified atom stereocenters. The maximum atomic E-state index is 5.79. The molecule has 0 aliphatic heterocycles. The Balaban J connectivity index is 2.40. The van der Waals surface area contributed by atoms with E-state index < -0.39 is 0 Å². The minimum atomic E-state index is 0.554. The molecule has 0 saturated heterocycles. The fraction of sp³-hybridized carbons (Fsp3) is 0.200. The average molecular weight is 210 g/mol. The van der Waals surface area contributed by atoms with Gasteiger partial charge in [0.25, 0.3) is 0 Å². The normalized spacial score (nSPS) is 11.7. The maximum absolute atomic E-state index is 5.79. The molecule has 1 aromatic heterocycles. The van der Waals surface area contributed by atoms with Crippen LogP contribution in [0.5, 0.6) is 0 Å². The SMILES string of the molecule is CC(C)c1ccc2oc3ccccc3c2c1. The van der Waals surface area contributed by atoms with Gasteiger partial charge >= 0.3 is 0 Å². The van der Waals surface area contributed by atoms with E-state index in [9.17, 15) is 0 Å². The molecule has 0 aliphatic carbocycles. The Hall–Kier alpha value is -1.76. The van der Waals surface area contributed by atoms with E-state index in [1.54, 1.807) is 0 Å². The summed E-state index contributed by atoms with van der Waals surface area (Å²) in [4.78, 5) is 0. The standard InChI is InChI=1S/C15H14O/c1-10(2)11-7-8-15-13(9-11)12-5-3-4-6-14(12)16-15/h3-10H,1-2H3. The summed E-state index contributed by atoms with van der Waals surface area (Å²) in [7, 11) is 0. The summed E-state index contributed by atoms with van der Waals surface area (Å²) in [5.74, 6) is 0.554. The maximum Gasteiger partial charge on any atom is 0.135 e. The first-order chi connectivity index (χ1) is 7.75. The molecule has 1 heterocycles. The van der Waals surface area contributed by atoms with Gasteiger partial charge in [-0.2, -0.15) is 0 Å². The zero-order valence-corrected chi connectivity index (χ0v) is 9.53. The summed E-state index contributed by atoms with van der Waals surface area (Å²) < 4.78 is 5.79. The van der Waals surface area contributed by atoms with E-state index in [-0.39, 0.29) is 0 Å². The molecule has 1 nitrogen and oxygen atoms in total. The fourth-order valence-corrected chi connectivity index (χ4v) is 2.10. The molecule has 0 fully saturated rings. The van der Waals surface area contributed by atoms with Crippen molar-refractivity contribution in [3.05, 3.63) is 48.0 Å². The van der Waals surface area contributed by atoms with Crippen LogP contribution in [0.3, 0.4) is 0 Å². The molecule has 2 aromatic carbocycles. The van der Waals surface area contributed by atoms with Gasteiger partial charge in [0, 0.05) is 10.8 Å². The third kappa shape index (κ3) is 1.32. The Kier molecular flexibility index (Phi) is 2.00. The number of hydrogen-bond acceptors (Lipinski definition) is 1. The molecule has 0 bridgehead atoms. The van der Waals surface area contributed by atoms with Gasteiger partial charge in [-0.25, -0.2) is 0 Å². The molecular formula is C15H14O. The average Bonchev–Trinajstić information content (AvgIpc) is 2.66. The van der Waals surface area contributed by atoms with Crippen LogP contribution in [-0.2, 0) is 0 Å². The molecule has 0 amide bonds. The van der Waals surface area contributed by atoms with Crippen LogP contribution in [0.1, 0.15) is 25.3 Å². The van der Waals surface area contributed by atoms with Crippen molar-refractivity contribution in [1.82, 2.24) is 0 Å². The zero-order valence-electron chi connectivity index (χ0n) is 9.53. The summed E-state index contributed by atoms with van der Waals surface area (Å²) in [5, 5.41) is 2.43. The van der Waals surface area contributed by atoms with Crippen molar-refractivity contribution in [3.8, 4) is 0 Å². The van der Waals surface area contributed by atoms with Crippen LogP contribution in [0.15, 0.2) is 46.9 Å². The lowest BCUT2D eigenvalue weighted by molar-refractivity contribution is 0.668. The smallest absolute Gasteiger partial charge is 0.135 e. The van der Waals surface area contributed by atoms with E-state index in [2.05, 4.69) is 44.2 Å². The number of furan rings is 1. The summed E-state index contributed by atoms with van der Waals surface area (Å²) in [6.45, 7) is 4.42. The number of fused-ring (bicyclic) bond motifs is 3. The predicted octanol–water partition coefficient (Wildman–Crippen LogP) is 4.71. The molecule has 0 spiro atoms. The van der Waals surface area contributed by atoms with Gasteiger partial charge in [0.1, 0.15) is 11.2 Å². The van der Waals surface area contributed by atoms with Gasteiger partial charge in [0.15, 0.2) is 0 Å². The highest BCUT2D eigenvalue weighted by Crippen LogP contribution is 2.30. The summed E-state index contributed by atoms with van der Waals surface area (Å²) in [5.41, 5.74) is 3.31. The van der Waals surface area contributed by atoms with E-state index >= 15 is 0 Å². The van der Waals surface area contributed by atoms with E-state index in [4.69, 9.17) is 4.42 Å². The van der Waals surface area contributed by atoms with Gasteiger partial charge in [-0.15, -0.1) is 0 Å². The Morgan fingerprint density at radius 2 is 1.62 bits per heavy atom. The molecular weight excluding hydrogens is 196 g/mol. The van der Waals surface area contributed by atoms with Crippen LogP contribution in [0.4, 0.5) is 0 Å². The van der Waals surface area contributed by atoms with Crippen LogP contribution >= 0.6 is 0 Å². The quantitative estimate of drug-likeness (QED) is 0.567. The minimum Gasteiger partial charge on any atom is -0.456 e. The van der Waals surface area contributed by atoms with Gasteiger partial charge in [0.05, 0.1) is 0 Å². The van der Waals surface area contributed by atoms with Gasteiger partial charge in [-0.1, -0.05) is 38.1 Å². The Morgan fingerprint density at radius 3 is 2.44 bits per heavy atom. The van der Waals surface area contributed by atoms with Crippen molar-refractivity contribution in [1.29, 1.82) is 0 Å². The summed E-state index contributed by atoms with van der Waals surface area (Å²) in [6.07, 6.45) is 0. The van der Waals surface area contributed by atoms with Gasteiger partial charge < -0.3 is 4.42 Å². The lowest BCUT2D eigenvalue weighted by atomic mass is 10.0. The molecule has 16 heavy (non-hydrogen) atoms. The molecule has 0 radical (unpaired) electrons. The van der Waals surface area contributed by atoms with Crippen LogP contribution in [0.2, 0.25) is 0 Å². The van der Waals surface area contributed by atoms with Crippen molar-refractivity contribution in [2.75, 3.05) is 0 Å². The highest BCUT2D eigenvalue weighted by Gasteiger charge is 2.07. The third-order valence-electron chi connectivity index (χ3n) is 3.07. The Labute approximate surface area is 94.7 Å². The second kappa shape index (κ2) is 3.38. The molecule has 0 aliphatic rings. The number of para-hydroxylation sites is 1. The van der Waals surface area contributed by atoms with Crippen molar-refractivity contribution in [2.45, 2.75) is 19.8 Å². The third-order valence-corrected chi connectivity index (χ3v) is 3.07. The van der Waals surface area contributed by atoms with Crippen LogP contribution < -0.4 is 0 Å². The largest absolute Gasteiger partial charge is 0.456 e. The van der Waals surface area contributed by atoms with E-state index in [1.807, 2.05) is 12.1 Å². The number of rotatable bonds is 1. The molecule has 0 saturated carbocycles. The predicted molar refractivity (Wildman–Crippen MR) is 67.8 cm³/mol. The van der Waals surface area contributed by atoms with Crippen molar-refractivity contribution in [2.24, 2.45) is 0 Å². The molecule has 3 rings (SSSR count). The number of hydrogen-bond donors (Lipinski definition) is 0. The van der Waals surface area contributed by atoms with E-state index in [0.717, 1.165) is 11.2 Å². The van der Waals surface area contributed by atoms with Crippen LogP contribution in [0.25, 0.3) is 21.9 Å². The van der Waals surface area contributed by atoms with Crippen LogP contribution in [0, 0.1) is 0 Å². The molecule has 1 heteroatoms. The topological polar surface area (TPSA) is 13.1 Å². The summed E-state index contributed by atoms with van der Waals surface area (Å²) >= 11 is 0. The second-order valence-corrected chi connectivity index (χ2v) is 4.51.